The molecule has 1 heterocycles. The fourth-order valence-corrected chi connectivity index (χ4v) is 4.28. The molecule has 3 aromatic rings. The summed E-state index contributed by atoms with van der Waals surface area (Å²) >= 11 is 0. The van der Waals surface area contributed by atoms with Crippen LogP contribution in [0.4, 0.5) is 28.4 Å². The fraction of sp³-hybridized carbons (Fsp3) is 0.233. The summed E-state index contributed by atoms with van der Waals surface area (Å²) in [6.45, 7) is 3.19. The van der Waals surface area contributed by atoms with Gasteiger partial charge in [-0.25, -0.2) is 0 Å². The SMILES string of the molecule is CN/C=C(\C(C)=N)C(=O)Nc1ccc(Nc2ccc(NC(=O)c3ccc(N4CCC(O)CC4)cc3)cc2)cc1. The van der Waals surface area contributed by atoms with Crippen molar-refractivity contribution in [2.75, 3.05) is 41.0 Å². The van der Waals surface area contributed by atoms with E-state index in [2.05, 4.69) is 26.2 Å². The fourth-order valence-electron chi connectivity index (χ4n) is 4.28. The maximum atomic E-state index is 12.7. The number of nitrogens with one attached hydrogen (secondary N) is 5. The molecule has 0 radical (unpaired) electrons. The van der Waals surface area contributed by atoms with Crippen LogP contribution >= 0.6 is 0 Å². The molecular weight excluding hydrogens is 492 g/mol. The first-order valence-electron chi connectivity index (χ1n) is 12.9. The standard InChI is InChI=1S/C30H34N6O3/c1-20(31)28(19-32-2)30(39)35-25-11-7-23(8-12-25)33-22-5-9-24(10-6-22)34-29(38)21-3-13-26(14-4-21)36-17-15-27(37)16-18-36/h3-14,19,27,31-33,37H,15-18H2,1-2H3,(H,34,38)(H,35,39)/b28-19+,31-20?. The van der Waals surface area contributed by atoms with Crippen molar-refractivity contribution in [3.63, 3.8) is 0 Å². The quantitative estimate of drug-likeness (QED) is 0.177. The first kappa shape index (κ1) is 27.4. The zero-order valence-electron chi connectivity index (χ0n) is 22.1. The number of nitrogens with zero attached hydrogens (tertiary/aromatic N) is 1. The molecule has 1 aliphatic heterocycles. The van der Waals surface area contributed by atoms with Gasteiger partial charge in [0.2, 0.25) is 0 Å². The van der Waals surface area contributed by atoms with Crippen molar-refractivity contribution < 1.29 is 14.7 Å². The number of aliphatic hydroxyl groups is 1. The van der Waals surface area contributed by atoms with Crippen molar-refractivity contribution in [1.82, 2.24) is 5.32 Å². The first-order valence-corrected chi connectivity index (χ1v) is 12.9. The molecule has 9 nitrogen and oxygen atoms in total. The maximum Gasteiger partial charge on any atom is 0.258 e. The maximum absolute atomic E-state index is 12.7. The molecule has 39 heavy (non-hydrogen) atoms. The second kappa shape index (κ2) is 12.7. The summed E-state index contributed by atoms with van der Waals surface area (Å²) < 4.78 is 0. The second-order valence-corrected chi connectivity index (χ2v) is 9.42. The molecule has 1 saturated heterocycles. The monoisotopic (exact) mass is 526 g/mol. The average Bonchev–Trinajstić information content (AvgIpc) is 2.94. The van der Waals surface area contributed by atoms with Gasteiger partial charge in [0.25, 0.3) is 11.8 Å². The molecule has 0 aromatic heterocycles. The number of rotatable bonds is 9. The molecule has 3 aromatic carbocycles. The molecular formula is C30H34N6O3. The van der Waals surface area contributed by atoms with Gasteiger partial charge in [0.15, 0.2) is 0 Å². The summed E-state index contributed by atoms with van der Waals surface area (Å²) in [5.74, 6) is -0.534. The third-order valence-corrected chi connectivity index (χ3v) is 6.47. The highest BCUT2D eigenvalue weighted by Gasteiger charge is 2.17. The Labute approximate surface area is 228 Å². The molecule has 9 heteroatoms. The summed E-state index contributed by atoms with van der Waals surface area (Å²) in [6.07, 6.45) is 2.81. The Morgan fingerprint density at radius 1 is 0.846 bits per heavy atom. The van der Waals surface area contributed by atoms with Gasteiger partial charge in [-0.3, -0.25) is 9.59 Å². The van der Waals surface area contributed by atoms with Gasteiger partial charge >= 0.3 is 0 Å². The molecule has 4 rings (SSSR count). The van der Waals surface area contributed by atoms with Gasteiger partial charge in [-0.2, -0.15) is 0 Å². The van der Waals surface area contributed by atoms with Crippen LogP contribution in [0.3, 0.4) is 0 Å². The van der Waals surface area contributed by atoms with Crippen molar-refractivity contribution in [2.45, 2.75) is 25.9 Å². The Kier molecular flexibility index (Phi) is 8.96. The number of aliphatic hydroxyl groups excluding tert-OH is 1. The molecule has 1 fully saturated rings. The van der Waals surface area contributed by atoms with E-state index in [1.807, 2.05) is 60.7 Å². The van der Waals surface area contributed by atoms with Gasteiger partial charge in [-0.05, 0) is 92.6 Å². The normalized spacial score (nSPS) is 13.9. The predicted molar refractivity (Wildman–Crippen MR) is 157 cm³/mol. The van der Waals surface area contributed by atoms with E-state index in [4.69, 9.17) is 5.41 Å². The van der Waals surface area contributed by atoms with Crippen LogP contribution in [-0.4, -0.2) is 48.9 Å². The van der Waals surface area contributed by atoms with Crippen LogP contribution in [0.2, 0.25) is 0 Å². The Bertz CT molecular complexity index is 1330. The van der Waals surface area contributed by atoms with E-state index < -0.39 is 0 Å². The summed E-state index contributed by atoms with van der Waals surface area (Å²) in [5, 5.41) is 29.2. The number of benzene rings is 3. The van der Waals surface area contributed by atoms with Crippen LogP contribution < -0.4 is 26.2 Å². The number of hydrogen-bond donors (Lipinski definition) is 6. The third-order valence-electron chi connectivity index (χ3n) is 6.47. The molecule has 0 saturated carbocycles. The zero-order chi connectivity index (χ0) is 27.8. The summed E-state index contributed by atoms with van der Waals surface area (Å²) in [7, 11) is 1.68. The van der Waals surface area contributed by atoms with E-state index in [9.17, 15) is 14.7 Å². The van der Waals surface area contributed by atoms with Gasteiger partial charge in [0.1, 0.15) is 0 Å². The summed E-state index contributed by atoms with van der Waals surface area (Å²) in [6, 6.07) is 22.2. The first-order chi connectivity index (χ1) is 18.8. The molecule has 2 amide bonds. The highest BCUT2D eigenvalue weighted by atomic mass is 16.3. The van der Waals surface area contributed by atoms with Gasteiger partial charge in [-0.1, -0.05) is 0 Å². The minimum Gasteiger partial charge on any atom is -0.393 e. The lowest BCUT2D eigenvalue weighted by atomic mass is 10.1. The van der Waals surface area contributed by atoms with E-state index in [1.165, 1.54) is 6.20 Å². The molecule has 0 bridgehead atoms. The topological polar surface area (TPSA) is 130 Å². The number of hydrogen-bond acceptors (Lipinski definition) is 7. The number of amides is 2. The van der Waals surface area contributed by atoms with Crippen LogP contribution in [0.25, 0.3) is 0 Å². The van der Waals surface area contributed by atoms with Crippen molar-refractivity contribution in [3.05, 3.63) is 90.1 Å². The molecule has 6 N–H and O–H groups in total. The minimum absolute atomic E-state index is 0.174. The van der Waals surface area contributed by atoms with E-state index in [1.54, 1.807) is 26.1 Å². The highest BCUT2D eigenvalue weighted by Crippen LogP contribution is 2.23. The Morgan fingerprint density at radius 2 is 1.36 bits per heavy atom. The number of piperidine rings is 1. The molecule has 1 aliphatic rings. The average molecular weight is 527 g/mol. The third kappa shape index (κ3) is 7.45. The predicted octanol–water partition coefficient (Wildman–Crippen LogP) is 4.73. The highest BCUT2D eigenvalue weighted by molar-refractivity contribution is 6.23. The largest absolute Gasteiger partial charge is 0.393 e. The number of carbonyl (C=O) groups is 2. The zero-order valence-corrected chi connectivity index (χ0v) is 22.1. The molecule has 0 aliphatic carbocycles. The summed E-state index contributed by atoms with van der Waals surface area (Å²) in [4.78, 5) is 27.3. The van der Waals surface area contributed by atoms with Crippen molar-refractivity contribution in [2.24, 2.45) is 0 Å². The lowest BCUT2D eigenvalue weighted by molar-refractivity contribution is -0.112. The minimum atomic E-state index is -0.353. The Balaban J connectivity index is 1.30. The van der Waals surface area contributed by atoms with Gasteiger partial charge < -0.3 is 36.7 Å². The molecule has 0 atom stereocenters. The van der Waals surface area contributed by atoms with Crippen LogP contribution in [0, 0.1) is 5.41 Å². The number of carbonyl (C=O) groups excluding carboxylic acids is 2. The second-order valence-electron chi connectivity index (χ2n) is 9.42. The lowest BCUT2D eigenvalue weighted by Gasteiger charge is -2.31. The van der Waals surface area contributed by atoms with Gasteiger partial charge in [-0.15, -0.1) is 0 Å². The molecule has 0 unspecified atom stereocenters. The van der Waals surface area contributed by atoms with Crippen LogP contribution in [0.5, 0.6) is 0 Å². The summed E-state index contributed by atoms with van der Waals surface area (Å²) in [5.41, 5.74) is 5.06. The number of anilines is 5. The van der Waals surface area contributed by atoms with E-state index >= 15 is 0 Å². The Morgan fingerprint density at radius 3 is 1.87 bits per heavy atom. The van der Waals surface area contributed by atoms with Gasteiger partial charge in [0, 0.05) is 66.0 Å². The Hall–Kier alpha value is -4.63. The van der Waals surface area contributed by atoms with Crippen LogP contribution in [0.1, 0.15) is 30.1 Å². The van der Waals surface area contributed by atoms with Crippen LogP contribution in [-0.2, 0) is 4.79 Å². The molecule has 0 spiro atoms. The van der Waals surface area contributed by atoms with Gasteiger partial charge in [0.05, 0.1) is 11.7 Å². The van der Waals surface area contributed by atoms with Crippen molar-refractivity contribution >= 4 is 46.0 Å². The smallest absolute Gasteiger partial charge is 0.258 e. The van der Waals surface area contributed by atoms with Crippen LogP contribution in [0.15, 0.2) is 84.6 Å². The van der Waals surface area contributed by atoms with Crippen molar-refractivity contribution in [3.8, 4) is 0 Å². The van der Waals surface area contributed by atoms with E-state index in [0.29, 0.717) is 16.9 Å². The lowest BCUT2D eigenvalue weighted by Crippen LogP contribution is -2.35. The molecule has 202 valence electrons. The van der Waals surface area contributed by atoms with E-state index in [-0.39, 0.29) is 29.2 Å². The van der Waals surface area contributed by atoms with Crippen molar-refractivity contribution in [1.29, 1.82) is 5.41 Å². The van der Waals surface area contributed by atoms with E-state index in [0.717, 1.165) is 43.0 Å².